The second-order valence-corrected chi connectivity index (χ2v) is 10.6. The van der Waals surface area contributed by atoms with E-state index in [9.17, 15) is 9.59 Å². The number of benzene rings is 2. The highest BCUT2D eigenvalue weighted by Gasteiger charge is 2.26. The smallest absolute Gasteiger partial charge is 0.329 e. The number of fused-ring (bicyclic) bond motifs is 1. The van der Waals surface area contributed by atoms with Crippen molar-refractivity contribution in [1.29, 1.82) is 0 Å². The molecule has 214 valence electrons. The SMILES string of the molecule is Cc1cccc(-c2cccc(N(C=CC(=O)O)CC=O)n2)c1OCc1ccc2c(c1C)CCN(C1CCOCC1)C2. The zero-order valence-corrected chi connectivity index (χ0v) is 23.7. The third-order valence-electron chi connectivity index (χ3n) is 8.09. The van der Waals surface area contributed by atoms with Crippen LogP contribution in [0.3, 0.4) is 0 Å². The maximum absolute atomic E-state index is 11.2. The number of nitrogens with zero attached hydrogens (tertiary/aromatic N) is 3. The molecular formula is C33H37N3O5. The number of carbonyl (C=O) groups is 2. The highest BCUT2D eigenvalue weighted by Crippen LogP contribution is 2.34. The fourth-order valence-electron chi connectivity index (χ4n) is 5.82. The summed E-state index contributed by atoms with van der Waals surface area (Å²) in [5.74, 6) is 0.128. The number of hydrogen-bond acceptors (Lipinski definition) is 7. The van der Waals surface area contributed by atoms with Crippen molar-refractivity contribution in [2.75, 3.05) is 31.2 Å². The summed E-state index contributed by atoms with van der Waals surface area (Å²) in [7, 11) is 0. The summed E-state index contributed by atoms with van der Waals surface area (Å²) in [6, 6.07) is 16.5. The molecule has 0 unspecified atom stereocenters. The lowest BCUT2D eigenvalue weighted by Gasteiger charge is -2.38. The number of anilines is 1. The molecule has 0 spiro atoms. The first-order valence-corrected chi connectivity index (χ1v) is 14.2. The van der Waals surface area contributed by atoms with Crippen LogP contribution < -0.4 is 9.64 Å². The number of para-hydroxylation sites is 1. The van der Waals surface area contributed by atoms with Crippen LogP contribution in [0.4, 0.5) is 5.82 Å². The van der Waals surface area contributed by atoms with E-state index < -0.39 is 5.97 Å². The molecule has 1 fully saturated rings. The van der Waals surface area contributed by atoms with E-state index in [1.54, 1.807) is 6.07 Å². The minimum Gasteiger partial charge on any atom is -0.488 e. The van der Waals surface area contributed by atoms with Crippen molar-refractivity contribution in [3.63, 3.8) is 0 Å². The van der Waals surface area contributed by atoms with Gasteiger partial charge in [0.25, 0.3) is 0 Å². The van der Waals surface area contributed by atoms with Gasteiger partial charge < -0.3 is 24.3 Å². The molecule has 0 bridgehead atoms. The minimum atomic E-state index is -1.10. The average molecular weight is 556 g/mol. The number of aryl methyl sites for hydroxylation is 1. The molecule has 2 aliphatic heterocycles. The number of ether oxygens (including phenoxy) is 2. The van der Waals surface area contributed by atoms with Crippen molar-refractivity contribution in [1.82, 2.24) is 9.88 Å². The summed E-state index contributed by atoms with van der Waals surface area (Å²) >= 11 is 0. The van der Waals surface area contributed by atoms with Gasteiger partial charge in [-0.1, -0.05) is 30.3 Å². The largest absolute Gasteiger partial charge is 0.488 e. The quantitative estimate of drug-likeness (QED) is 0.273. The van der Waals surface area contributed by atoms with Crippen molar-refractivity contribution < 1.29 is 24.2 Å². The van der Waals surface area contributed by atoms with Crippen LogP contribution in [-0.4, -0.2) is 59.6 Å². The lowest BCUT2D eigenvalue weighted by Crippen LogP contribution is -2.42. The van der Waals surface area contributed by atoms with Gasteiger partial charge in [-0.25, -0.2) is 9.78 Å². The Balaban J connectivity index is 1.36. The van der Waals surface area contributed by atoms with E-state index in [4.69, 9.17) is 19.6 Å². The molecule has 8 heteroatoms. The highest BCUT2D eigenvalue weighted by atomic mass is 16.5. The van der Waals surface area contributed by atoms with E-state index in [1.165, 1.54) is 33.4 Å². The molecule has 2 aliphatic rings. The van der Waals surface area contributed by atoms with Gasteiger partial charge in [0.05, 0.1) is 12.2 Å². The number of carbonyl (C=O) groups excluding carboxylic acids is 1. The molecule has 1 aromatic heterocycles. The predicted octanol–water partition coefficient (Wildman–Crippen LogP) is 5.09. The fraction of sp³-hybridized carbons (Fsp3) is 0.364. The Bertz CT molecular complexity index is 1430. The monoisotopic (exact) mass is 555 g/mol. The first-order chi connectivity index (χ1) is 19.9. The van der Waals surface area contributed by atoms with Crippen LogP contribution in [-0.2, 0) is 33.9 Å². The first-order valence-electron chi connectivity index (χ1n) is 14.2. The summed E-state index contributed by atoms with van der Waals surface area (Å²) in [4.78, 5) is 31.1. The first kappa shape index (κ1) is 28.5. The fourth-order valence-corrected chi connectivity index (χ4v) is 5.82. The summed E-state index contributed by atoms with van der Waals surface area (Å²) < 4.78 is 12.1. The third-order valence-corrected chi connectivity index (χ3v) is 8.09. The zero-order chi connectivity index (χ0) is 28.8. The minimum absolute atomic E-state index is 0.0121. The average Bonchev–Trinajstić information content (AvgIpc) is 2.99. The number of aldehydes is 1. The number of carboxylic acids is 1. The summed E-state index contributed by atoms with van der Waals surface area (Å²) in [5.41, 5.74) is 7.85. The van der Waals surface area contributed by atoms with Crippen LogP contribution in [0.1, 0.15) is 40.7 Å². The zero-order valence-electron chi connectivity index (χ0n) is 23.7. The second kappa shape index (κ2) is 13.1. The molecule has 5 rings (SSSR count). The number of rotatable bonds is 10. The van der Waals surface area contributed by atoms with Crippen molar-refractivity contribution in [2.45, 2.75) is 52.3 Å². The number of aromatic nitrogens is 1. The normalized spacial score (nSPS) is 16.0. The van der Waals surface area contributed by atoms with Gasteiger partial charge in [-0.2, -0.15) is 0 Å². The van der Waals surface area contributed by atoms with Gasteiger partial charge in [-0.3, -0.25) is 4.90 Å². The molecule has 41 heavy (non-hydrogen) atoms. The molecule has 1 saturated heterocycles. The topological polar surface area (TPSA) is 92.2 Å². The number of hydrogen-bond donors (Lipinski definition) is 1. The van der Waals surface area contributed by atoms with Crippen LogP contribution in [0.25, 0.3) is 11.3 Å². The lowest BCUT2D eigenvalue weighted by atomic mass is 9.90. The van der Waals surface area contributed by atoms with Gasteiger partial charge in [0.2, 0.25) is 0 Å². The van der Waals surface area contributed by atoms with E-state index >= 15 is 0 Å². The Hall–Kier alpha value is -4.01. The van der Waals surface area contributed by atoms with Gasteiger partial charge >= 0.3 is 5.97 Å². The molecule has 2 aromatic carbocycles. The summed E-state index contributed by atoms with van der Waals surface area (Å²) in [6.45, 7) is 8.45. The van der Waals surface area contributed by atoms with Crippen molar-refractivity contribution in [3.05, 3.63) is 88.6 Å². The van der Waals surface area contributed by atoms with Gasteiger partial charge in [-0.05, 0) is 79.1 Å². The van der Waals surface area contributed by atoms with Crippen LogP contribution in [0.2, 0.25) is 0 Å². The van der Waals surface area contributed by atoms with E-state index in [2.05, 4.69) is 24.0 Å². The van der Waals surface area contributed by atoms with Gasteiger partial charge in [0, 0.05) is 50.2 Å². The molecule has 8 nitrogen and oxygen atoms in total. The highest BCUT2D eigenvalue weighted by molar-refractivity contribution is 5.80. The van der Waals surface area contributed by atoms with Crippen molar-refractivity contribution in [2.24, 2.45) is 0 Å². The van der Waals surface area contributed by atoms with Crippen LogP contribution >= 0.6 is 0 Å². The molecule has 0 amide bonds. The molecule has 1 N–H and O–H groups in total. The molecule has 0 radical (unpaired) electrons. The van der Waals surface area contributed by atoms with E-state index in [-0.39, 0.29) is 6.54 Å². The van der Waals surface area contributed by atoms with Gasteiger partial charge in [0.15, 0.2) is 0 Å². The molecule has 0 saturated carbocycles. The molecular weight excluding hydrogens is 518 g/mol. The molecule has 3 aromatic rings. The van der Waals surface area contributed by atoms with E-state index in [0.29, 0.717) is 30.4 Å². The van der Waals surface area contributed by atoms with Crippen molar-refractivity contribution >= 4 is 18.1 Å². The number of pyridine rings is 1. The standard InChI is InChI=1S/C33H37N3O5/c1-23-5-3-6-29(30-7-4-8-31(34-30)35(17-18-37)16-12-32(38)39)33(23)41-22-26-10-9-25-21-36(15-11-28(25)24(26)2)27-13-19-40-20-14-27/h3-10,12,16,18,27H,11,13-15,17,19-22H2,1-2H3,(H,38,39). The molecule has 0 atom stereocenters. The van der Waals surface area contributed by atoms with Crippen LogP contribution in [0.5, 0.6) is 5.75 Å². The maximum atomic E-state index is 11.2. The predicted molar refractivity (Wildman–Crippen MR) is 158 cm³/mol. The van der Waals surface area contributed by atoms with E-state index in [0.717, 1.165) is 68.5 Å². The molecule has 0 aliphatic carbocycles. The van der Waals surface area contributed by atoms with Crippen LogP contribution in [0, 0.1) is 13.8 Å². The Morgan fingerprint density at radius 2 is 1.95 bits per heavy atom. The van der Waals surface area contributed by atoms with Crippen LogP contribution in [0.15, 0.2) is 60.8 Å². The molecule has 3 heterocycles. The van der Waals surface area contributed by atoms with Gasteiger partial charge in [0.1, 0.15) is 24.5 Å². The Morgan fingerprint density at radius 1 is 1.15 bits per heavy atom. The Kier molecular flexibility index (Phi) is 9.11. The lowest BCUT2D eigenvalue weighted by molar-refractivity contribution is -0.131. The maximum Gasteiger partial charge on any atom is 0.329 e. The summed E-state index contributed by atoms with van der Waals surface area (Å²) in [5, 5.41) is 9.04. The third kappa shape index (κ3) is 6.66. The number of aliphatic carboxylic acids is 1. The number of carboxylic acid groups (broad SMARTS) is 1. The Morgan fingerprint density at radius 3 is 2.73 bits per heavy atom. The van der Waals surface area contributed by atoms with Crippen molar-refractivity contribution in [3.8, 4) is 17.0 Å². The Labute approximate surface area is 241 Å². The summed E-state index contributed by atoms with van der Waals surface area (Å²) in [6.07, 6.45) is 6.33. The second-order valence-electron chi connectivity index (χ2n) is 10.6. The van der Waals surface area contributed by atoms with Gasteiger partial charge in [-0.15, -0.1) is 0 Å². The van der Waals surface area contributed by atoms with E-state index in [1.807, 2.05) is 37.3 Å².